The Kier molecular flexibility index (Phi) is 4.71. The van der Waals surface area contributed by atoms with Crippen molar-refractivity contribution in [1.82, 2.24) is 10.2 Å². The average Bonchev–Trinajstić information content (AvgIpc) is 2.65. The van der Waals surface area contributed by atoms with Gasteiger partial charge in [0.1, 0.15) is 0 Å². The number of hydrogen-bond donors (Lipinski definition) is 1. The summed E-state index contributed by atoms with van der Waals surface area (Å²) in [7, 11) is 2.30. The van der Waals surface area contributed by atoms with Gasteiger partial charge >= 0.3 is 0 Å². The van der Waals surface area contributed by atoms with E-state index in [1.165, 1.54) is 31.2 Å². The largest absolute Gasteiger partial charge is 0.312 e. The monoisotopic (exact) mass is 356 g/mol. The molecule has 3 rings (SSSR count). The van der Waals surface area contributed by atoms with E-state index < -0.39 is 0 Å². The van der Waals surface area contributed by atoms with Crippen molar-refractivity contribution in [1.29, 1.82) is 0 Å². The molecular weight excluding hydrogens is 336 g/mol. The topological polar surface area (TPSA) is 15.3 Å². The van der Waals surface area contributed by atoms with Crippen LogP contribution >= 0.6 is 27.5 Å². The molecule has 2 aliphatic rings. The molecule has 2 aliphatic heterocycles. The molecule has 1 aromatic carbocycles. The molecule has 20 heavy (non-hydrogen) atoms. The first kappa shape index (κ1) is 14.8. The Labute approximate surface area is 135 Å². The molecule has 2 bridgehead atoms. The zero-order valence-electron chi connectivity index (χ0n) is 11.9. The SMILES string of the molecule is CN1C2CCC1CC(CNCc1ccc(Br)c(Cl)c1)C2. The van der Waals surface area contributed by atoms with Crippen molar-refractivity contribution < 1.29 is 0 Å². The minimum atomic E-state index is 0.793. The second-order valence-corrected chi connectivity index (χ2v) is 7.53. The Morgan fingerprint density at radius 1 is 1.30 bits per heavy atom. The fourth-order valence-corrected chi connectivity index (χ4v) is 4.21. The number of piperidine rings is 1. The molecule has 1 N–H and O–H groups in total. The van der Waals surface area contributed by atoms with Gasteiger partial charge in [0.05, 0.1) is 5.02 Å². The number of halogens is 2. The molecule has 2 heterocycles. The molecule has 0 aromatic heterocycles. The van der Waals surface area contributed by atoms with Gasteiger partial charge in [-0.25, -0.2) is 0 Å². The van der Waals surface area contributed by atoms with Gasteiger partial charge in [0, 0.05) is 23.1 Å². The summed E-state index contributed by atoms with van der Waals surface area (Å²) >= 11 is 9.55. The van der Waals surface area contributed by atoms with Crippen LogP contribution in [0.3, 0.4) is 0 Å². The van der Waals surface area contributed by atoms with E-state index in [1.54, 1.807) is 0 Å². The van der Waals surface area contributed by atoms with Crippen molar-refractivity contribution in [3.05, 3.63) is 33.3 Å². The van der Waals surface area contributed by atoms with E-state index in [-0.39, 0.29) is 0 Å². The third kappa shape index (κ3) is 3.22. The normalized spacial score (nSPS) is 29.9. The van der Waals surface area contributed by atoms with Crippen molar-refractivity contribution >= 4 is 27.5 Å². The lowest BCUT2D eigenvalue weighted by Gasteiger charge is -2.36. The molecule has 0 saturated carbocycles. The molecule has 0 spiro atoms. The van der Waals surface area contributed by atoms with E-state index in [0.29, 0.717) is 0 Å². The Morgan fingerprint density at radius 3 is 2.65 bits per heavy atom. The van der Waals surface area contributed by atoms with Crippen LogP contribution in [0.25, 0.3) is 0 Å². The third-order valence-electron chi connectivity index (χ3n) is 4.94. The van der Waals surface area contributed by atoms with Gasteiger partial charge in [0.2, 0.25) is 0 Å². The Hall–Kier alpha value is -0.0900. The number of nitrogens with zero attached hydrogens (tertiary/aromatic N) is 1. The number of rotatable bonds is 4. The molecular formula is C16H22BrClN2. The van der Waals surface area contributed by atoms with Gasteiger partial charge in [0.15, 0.2) is 0 Å². The maximum Gasteiger partial charge on any atom is 0.0551 e. The quantitative estimate of drug-likeness (QED) is 0.874. The standard InChI is InChI=1S/C16H22BrClN2/c1-20-13-3-4-14(20)7-12(6-13)10-19-9-11-2-5-15(17)16(18)8-11/h2,5,8,12-14,19H,3-4,6-7,9-10H2,1H3. The van der Waals surface area contributed by atoms with E-state index in [1.807, 2.05) is 12.1 Å². The molecule has 110 valence electrons. The fraction of sp³-hybridized carbons (Fsp3) is 0.625. The summed E-state index contributed by atoms with van der Waals surface area (Å²) in [6.45, 7) is 2.04. The summed E-state index contributed by atoms with van der Waals surface area (Å²) in [5.74, 6) is 0.842. The summed E-state index contributed by atoms with van der Waals surface area (Å²) in [5.41, 5.74) is 1.26. The zero-order chi connectivity index (χ0) is 14.1. The molecule has 2 unspecified atom stereocenters. The average molecular weight is 358 g/mol. The van der Waals surface area contributed by atoms with Gasteiger partial charge in [-0.3, -0.25) is 0 Å². The first-order chi connectivity index (χ1) is 9.63. The maximum absolute atomic E-state index is 6.12. The van der Waals surface area contributed by atoms with Crippen LogP contribution in [0.1, 0.15) is 31.2 Å². The molecule has 2 fully saturated rings. The number of nitrogens with one attached hydrogen (secondary N) is 1. The van der Waals surface area contributed by atoms with Gasteiger partial charge in [0.25, 0.3) is 0 Å². The molecule has 4 heteroatoms. The van der Waals surface area contributed by atoms with E-state index in [4.69, 9.17) is 11.6 Å². The lowest BCUT2D eigenvalue weighted by molar-refractivity contribution is 0.133. The predicted octanol–water partition coefficient (Wildman–Crippen LogP) is 4.06. The predicted molar refractivity (Wildman–Crippen MR) is 88.2 cm³/mol. The van der Waals surface area contributed by atoms with Crippen molar-refractivity contribution in [2.75, 3.05) is 13.6 Å². The minimum Gasteiger partial charge on any atom is -0.312 e. The number of benzene rings is 1. The van der Waals surface area contributed by atoms with Gasteiger partial charge in [-0.1, -0.05) is 17.7 Å². The first-order valence-electron chi connectivity index (χ1n) is 7.50. The minimum absolute atomic E-state index is 0.793. The first-order valence-corrected chi connectivity index (χ1v) is 8.67. The highest BCUT2D eigenvalue weighted by Gasteiger charge is 2.37. The molecule has 0 amide bonds. The van der Waals surface area contributed by atoms with Crippen LogP contribution in [-0.4, -0.2) is 30.6 Å². The van der Waals surface area contributed by atoms with Crippen LogP contribution < -0.4 is 5.32 Å². The van der Waals surface area contributed by atoms with E-state index in [9.17, 15) is 0 Å². The molecule has 0 radical (unpaired) electrons. The molecule has 2 nitrogen and oxygen atoms in total. The van der Waals surface area contributed by atoms with Crippen molar-refractivity contribution in [2.45, 2.75) is 44.3 Å². The highest BCUT2D eigenvalue weighted by Crippen LogP contribution is 2.37. The van der Waals surface area contributed by atoms with Crippen LogP contribution in [0.2, 0.25) is 5.02 Å². The number of hydrogen-bond acceptors (Lipinski definition) is 2. The van der Waals surface area contributed by atoms with Crippen LogP contribution in [-0.2, 0) is 6.54 Å². The van der Waals surface area contributed by atoms with Gasteiger partial charge in [-0.2, -0.15) is 0 Å². The Morgan fingerprint density at radius 2 is 2.00 bits per heavy atom. The van der Waals surface area contributed by atoms with Crippen LogP contribution in [0, 0.1) is 5.92 Å². The third-order valence-corrected chi connectivity index (χ3v) is 6.17. The van der Waals surface area contributed by atoms with Crippen LogP contribution in [0.4, 0.5) is 0 Å². The second kappa shape index (κ2) is 6.35. The molecule has 2 saturated heterocycles. The van der Waals surface area contributed by atoms with Crippen molar-refractivity contribution in [3.63, 3.8) is 0 Å². The van der Waals surface area contributed by atoms with Crippen molar-refractivity contribution in [2.24, 2.45) is 5.92 Å². The second-order valence-electron chi connectivity index (χ2n) is 6.27. The Balaban J connectivity index is 1.47. The van der Waals surface area contributed by atoms with E-state index in [2.05, 4.69) is 39.3 Å². The van der Waals surface area contributed by atoms with Gasteiger partial charge < -0.3 is 10.2 Å². The summed E-state index contributed by atoms with van der Waals surface area (Å²) in [5, 5.41) is 4.40. The highest BCUT2D eigenvalue weighted by molar-refractivity contribution is 9.10. The van der Waals surface area contributed by atoms with Gasteiger partial charge in [-0.15, -0.1) is 0 Å². The molecule has 1 aromatic rings. The lowest BCUT2D eigenvalue weighted by atomic mass is 9.91. The molecule has 0 aliphatic carbocycles. The van der Waals surface area contributed by atoms with Gasteiger partial charge in [-0.05, 0) is 78.8 Å². The summed E-state index contributed by atoms with van der Waals surface area (Å²) in [6, 6.07) is 7.86. The summed E-state index contributed by atoms with van der Waals surface area (Å²) in [6.07, 6.45) is 5.53. The lowest BCUT2D eigenvalue weighted by Crippen LogP contribution is -2.42. The van der Waals surface area contributed by atoms with Crippen molar-refractivity contribution in [3.8, 4) is 0 Å². The Bertz CT molecular complexity index is 466. The number of fused-ring (bicyclic) bond motifs is 2. The molecule has 2 atom stereocenters. The smallest absolute Gasteiger partial charge is 0.0551 e. The van der Waals surface area contributed by atoms with Crippen LogP contribution in [0.15, 0.2) is 22.7 Å². The summed E-state index contributed by atoms with van der Waals surface area (Å²) < 4.78 is 0.967. The maximum atomic E-state index is 6.12. The van der Waals surface area contributed by atoms with Crippen LogP contribution in [0.5, 0.6) is 0 Å². The highest BCUT2D eigenvalue weighted by atomic mass is 79.9. The zero-order valence-corrected chi connectivity index (χ0v) is 14.3. The summed E-state index contributed by atoms with van der Waals surface area (Å²) in [4.78, 5) is 2.60. The van der Waals surface area contributed by atoms with E-state index in [0.717, 1.165) is 40.6 Å². The van der Waals surface area contributed by atoms with E-state index >= 15 is 0 Å². The fourth-order valence-electron chi connectivity index (χ4n) is 3.76.